The zero-order valence-corrected chi connectivity index (χ0v) is 14.6. The number of amides is 2. The average Bonchev–Trinajstić information content (AvgIpc) is 2.55. The van der Waals surface area contributed by atoms with Gasteiger partial charge in [0, 0.05) is 5.92 Å². The Morgan fingerprint density at radius 1 is 1.04 bits per heavy atom. The first kappa shape index (κ1) is 17.2. The van der Waals surface area contributed by atoms with Crippen LogP contribution >= 0.6 is 0 Å². The summed E-state index contributed by atoms with van der Waals surface area (Å²) in [4.78, 5) is 26.6. The van der Waals surface area contributed by atoms with Gasteiger partial charge in [0.05, 0.1) is 11.7 Å². The molecular weight excluding hydrogens is 316 g/mol. The van der Waals surface area contributed by atoms with Gasteiger partial charge in [0.2, 0.25) is 0 Å². The SMILES string of the molecule is CC(C)(C)OC(=O)N1C(=O)[C@H](N)[C@@H](c2ccccc2)c2ccccc21. The topological polar surface area (TPSA) is 72.6 Å². The number of benzene rings is 2. The first-order chi connectivity index (χ1) is 11.8. The number of hydrogen-bond donors (Lipinski definition) is 1. The molecule has 0 bridgehead atoms. The van der Waals surface area contributed by atoms with Gasteiger partial charge in [-0.05, 0) is 38.0 Å². The van der Waals surface area contributed by atoms with Crippen LogP contribution in [0.25, 0.3) is 0 Å². The van der Waals surface area contributed by atoms with Gasteiger partial charge in [-0.15, -0.1) is 0 Å². The van der Waals surface area contributed by atoms with E-state index >= 15 is 0 Å². The normalized spacial score (nSPS) is 20.2. The van der Waals surface area contributed by atoms with Gasteiger partial charge in [0.25, 0.3) is 5.91 Å². The Kier molecular flexibility index (Phi) is 4.35. The van der Waals surface area contributed by atoms with Gasteiger partial charge < -0.3 is 10.5 Å². The van der Waals surface area contributed by atoms with Crippen LogP contribution in [0.2, 0.25) is 0 Å². The van der Waals surface area contributed by atoms with Crippen molar-refractivity contribution in [2.24, 2.45) is 5.73 Å². The number of carbonyl (C=O) groups is 2. The summed E-state index contributed by atoms with van der Waals surface area (Å²) in [6, 6.07) is 16.1. The van der Waals surface area contributed by atoms with E-state index in [9.17, 15) is 9.59 Å². The molecule has 0 aliphatic carbocycles. The van der Waals surface area contributed by atoms with Crippen LogP contribution in [0.1, 0.15) is 37.8 Å². The smallest absolute Gasteiger partial charge is 0.421 e. The zero-order valence-electron chi connectivity index (χ0n) is 14.6. The monoisotopic (exact) mass is 338 g/mol. The van der Waals surface area contributed by atoms with Crippen molar-refractivity contribution in [2.45, 2.75) is 38.3 Å². The van der Waals surface area contributed by atoms with Gasteiger partial charge in [-0.2, -0.15) is 0 Å². The van der Waals surface area contributed by atoms with E-state index in [2.05, 4.69) is 0 Å². The van der Waals surface area contributed by atoms with Crippen LogP contribution in [0.3, 0.4) is 0 Å². The third kappa shape index (κ3) is 3.28. The molecule has 0 fully saturated rings. The number of nitrogens with two attached hydrogens (primary N) is 1. The van der Waals surface area contributed by atoms with Crippen LogP contribution < -0.4 is 10.6 Å². The van der Waals surface area contributed by atoms with Crippen molar-refractivity contribution < 1.29 is 14.3 Å². The Bertz CT molecular complexity index is 796. The molecule has 0 saturated heterocycles. The number of imide groups is 1. The number of carbonyl (C=O) groups excluding carboxylic acids is 2. The van der Waals surface area contributed by atoms with Crippen molar-refractivity contribution >= 4 is 17.7 Å². The van der Waals surface area contributed by atoms with E-state index in [-0.39, 0.29) is 5.92 Å². The number of rotatable bonds is 1. The minimum Gasteiger partial charge on any atom is -0.443 e. The van der Waals surface area contributed by atoms with Crippen LogP contribution in [-0.4, -0.2) is 23.6 Å². The zero-order chi connectivity index (χ0) is 18.2. The van der Waals surface area contributed by atoms with Gasteiger partial charge >= 0.3 is 6.09 Å². The van der Waals surface area contributed by atoms with Crippen molar-refractivity contribution in [3.63, 3.8) is 0 Å². The summed E-state index contributed by atoms with van der Waals surface area (Å²) >= 11 is 0. The molecule has 0 radical (unpaired) electrons. The Morgan fingerprint density at radius 2 is 1.64 bits per heavy atom. The summed E-state index contributed by atoms with van der Waals surface area (Å²) in [6.45, 7) is 5.29. The minimum atomic E-state index is -0.857. The van der Waals surface area contributed by atoms with Gasteiger partial charge in [-0.1, -0.05) is 48.5 Å². The largest absolute Gasteiger partial charge is 0.443 e. The van der Waals surface area contributed by atoms with Crippen molar-refractivity contribution in [3.8, 4) is 0 Å². The third-order valence-electron chi connectivity index (χ3n) is 4.11. The summed E-state index contributed by atoms with van der Waals surface area (Å²) in [5.41, 5.74) is 7.87. The summed E-state index contributed by atoms with van der Waals surface area (Å²) < 4.78 is 5.40. The number of fused-ring (bicyclic) bond motifs is 1. The van der Waals surface area contributed by atoms with Gasteiger partial charge in [-0.25, -0.2) is 9.69 Å². The molecule has 0 saturated carbocycles. The van der Waals surface area contributed by atoms with Gasteiger partial charge in [0.1, 0.15) is 5.60 Å². The molecule has 5 heteroatoms. The maximum atomic E-state index is 12.9. The van der Waals surface area contributed by atoms with Crippen LogP contribution in [-0.2, 0) is 9.53 Å². The first-order valence-electron chi connectivity index (χ1n) is 8.26. The van der Waals surface area contributed by atoms with E-state index in [0.717, 1.165) is 16.0 Å². The number of hydrogen-bond acceptors (Lipinski definition) is 4. The molecule has 0 spiro atoms. The lowest BCUT2D eigenvalue weighted by Gasteiger charge is -2.37. The number of nitrogens with zero attached hydrogens (tertiary/aromatic N) is 1. The van der Waals surface area contributed by atoms with E-state index in [1.165, 1.54) is 0 Å². The fourth-order valence-electron chi connectivity index (χ4n) is 3.10. The summed E-state index contributed by atoms with van der Waals surface area (Å²) in [5.74, 6) is -0.759. The predicted molar refractivity (Wildman–Crippen MR) is 96.4 cm³/mol. The molecule has 3 rings (SSSR count). The number of anilines is 1. The maximum absolute atomic E-state index is 12.9. The molecule has 0 aromatic heterocycles. The summed E-state index contributed by atoms with van der Waals surface area (Å²) in [7, 11) is 0. The van der Waals surface area contributed by atoms with E-state index in [0.29, 0.717) is 5.69 Å². The second kappa shape index (κ2) is 6.33. The lowest BCUT2D eigenvalue weighted by Crippen LogP contribution is -2.54. The molecular formula is C20H22N2O3. The Labute approximate surface area is 147 Å². The van der Waals surface area contributed by atoms with Gasteiger partial charge in [0.15, 0.2) is 0 Å². The second-order valence-corrected chi connectivity index (χ2v) is 7.13. The molecule has 1 heterocycles. The standard InChI is InChI=1S/C20H22N2O3/c1-20(2,3)25-19(24)22-15-12-8-7-11-14(15)16(17(21)18(22)23)13-9-5-4-6-10-13/h4-12,16-17H,21H2,1-3H3/t16-,17+/m0/s1. The summed E-state index contributed by atoms with van der Waals surface area (Å²) in [6.07, 6.45) is -0.702. The average molecular weight is 338 g/mol. The highest BCUT2D eigenvalue weighted by Gasteiger charge is 2.43. The highest BCUT2D eigenvalue weighted by molar-refractivity contribution is 6.16. The second-order valence-electron chi connectivity index (χ2n) is 7.13. The highest BCUT2D eigenvalue weighted by Crippen LogP contribution is 2.39. The number of ether oxygens (including phenoxy) is 1. The molecule has 2 N–H and O–H groups in total. The lowest BCUT2D eigenvalue weighted by molar-refractivity contribution is -0.120. The lowest BCUT2D eigenvalue weighted by atomic mass is 9.81. The molecule has 2 amide bonds. The van der Waals surface area contributed by atoms with Crippen molar-refractivity contribution in [2.75, 3.05) is 4.90 Å². The van der Waals surface area contributed by atoms with E-state index < -0.39 is 23.6 Å². The van der Waals surface area contributed by atoms with Crippen LogP contribution in [0.15, 0.2) is 54.6 Å². The molecule has 130 valence electrons. The van der Waals surface area contributed by atoms with Gasteiger partial charge in [-0.3, -0.25) is 4.79 Å². The molecule has 25 heavy (non-hydrogen) atoms. The van der Waals surface area contributed by atoms with E-state index in [1.807, 2.05) is 42.5 Å². The Morgan fingerprint density at radius 3 is 2.28 bits per heavy atom. The van der Waals surface area contributed by atoms with Crippen molar-refractivity contribution in [1.29, 1.82) is 0 Å². The van der Waals surface area contributed by atoms with E-state index in [4.69, 9.17) is 10.5 Å². The summed E-state index contributed by atoms with van der Waals surface area (Å²) in [5, 5.41) is 0. The molecule has 1 aliphatic heterocycles. The van der Waals surface area contributed by atoms with Crippen LogP contribution in [0, 0.1) is 0 Å². The maximum Gasteiger partial charge on any atom is 0.421 e. The fraction of sp³-hybridized carbons (Fsp3) is 0.300. The van der Waals surface area contributed by atoms with Crippen molar-refractivity contribution in [3.05, 3.63) is 65.7 Å². The molecule has 0 unspecified atom stereocenters. The Balaban J connectivity index is 2.09. The van der Waals surface area contributed by atoms with Crippen LogP contribution in [0.5, 0.6) is 0 Å². The first-order valence-corrected chi connectivity index (χ1v) is 8.26. The third-order valence-corrected chi connectivity index (χ3v) is 4.11. The molecule has 1 aliphatic rings. The van der Waals surface area contributed by atoms with Crippen LogP contribution in [0.4, 0.5) is 10.5 Å². The molecule has 2 atom stereocenters. The van der Waals surface area contributed by atoms with Crippen molar-refractivity contribution in [1.82, 2.24) is 0 Å². The number of para-hydroxylation sites is 1. The quantitative estimate of drug-likeness (QED) is 0.864. The fourth-order valence-corrected chi connectivity index (χ4v) is 3.10. The highest BCUT2D eigenvalue weighted by atomic mass is 16.6. The van der Waals surface area contributed by atoms with E-state index in [1.54, 1.807) is 32.9 Å². The molecule has 2 aromatic rings. The predicted octanol–water partition coefficient (Wildman–Crippen LogP) is 3.43. The Hall–Kier alpha value is -2.66. The minimum absolute atomic E-state index is 0.302. The molecule has 2 aromatic carbocycles. The molecule has 5 nitrogen and oxygen atoms in total.